The summed E-state index contributed by atoms with van der Waals surface area (Å²) in [6, 6.07) is 0. The lowest BCUT2D eigenvalue weighted by atomic mass is 10.2. The number of hydrogen-bond acceptors (Lipinski definition) is 5. The van der Waals surface area contributed by atoms with Crippen LogP contribution in [0.1, 0.15) is 12.8 Å². The molecule has 0 unspecified atom stereocenters. The molecule has 7 heteroatoms. The highest BCUT2D eigenvalue weighted by atomic mass is 32.2. The van der Waals surface area contributed by atoms with Crippen molar-refractivity contribution in [1.29, 1.82) is 0 Å². The predicted octanol–water partition coefficient (Wildman–Crippen LogP) is -1.47. The molecule has 2 saturated heterocycles. The van der Waals surface area contributed by atoms with Crippen molar-refractivity contribution < 1.29 is 23.4 Å². The van der Waals surface area contributed by atoms with Gasteiger partial charge in [-0.1, -0.05) is 0 Å². The summed E-state index contributed by atoms with van der Waals surface area (Å²) in [5, 5.41) is 18.3. The Morgan fingerprint density at radius 1 is 1.06 bits per heavy atom. The van der Waals surface area contributed by atoms with E-state index in [0.29, 0.717) is 26.1 Å². The molecule has 2 aliphatic heterocycles. The highest BCUT2D eigenvalue weighted by Gasteiger charge is 2.40. The predicted molar refractivity (Wildman–Crippen MR) is 56.3 cm³/mol. The second-order valence-corrected chi connectivity index (χ2v) is 6.52. The summed E-state index contributed by atoms with van der Waals surface area (Å²) in [5.74, 6) is 0. The molecule has 0 amide bonds. The molecule has 2 atom stereocenters. The number of hydrogen-bond donors (Lipinski definition) is 2. The SMILES string of the molecule is O=S(=O)(C1CCOCC1)N1C[C@@H](O)[C@@H](O)C1. The van der Waals surface area contributed by atoms with Crippen molar-refractivity contribution in [3.05, 3.63) is 0 Å². The molecular weight excluding hydrogens is 234 g/mol. The summed E-state index contributed by atoms with van der Waals surface area (Å²) >= 11 is 0. The van der Waals surface area contributed by atoms with Gasteiger partial charge in [0.2, 0.25) is 10.0 Å². The average molecular weight is 251 g/mol. The van der Waals surface area contributed by atoms with Gasteiger partial charge < -0.3 is 14.9 Å². The van der Waals surface area contributed by atoms with Gasteiger partial charge in [-0.2, -0.15) is 4.31 Å². The summed E-state index contributed by atoms with van der Waals surface area (Å²) in [6.07, 6.45) is -0.944. The normalized spacial score (nSPS) is 34.4. The van der Waals surface area contributed by atoms with Crippen LogP contribution < -0.4 is 0 Å². The number of aliphatic hydroxyl groups excluding tert-OH is 2. The van der Waals surface area contributed by atoms with Crippen LogP contribution in [-0.4, -0.2) is 66.7 Å². The van der Waals surface area contributed by atoms with E-state index in [1.807, 2.05) is 0 Å². The molecular formula is C9H17NO5S. The van der Waals surface area contributed by atoms with Crippen molar-refractivity contribution in [2.45, 2.75) is 30.3 Å². The van der Waals surface area contributed by atoms with Crippen molar-refractivity contribution in [2.75, 3.05) is 26.3 Å². The van der Waals surface area contributed by atoms with Crippen LogP contribution in [0.4, 0.5) is 0 Å². The van der Waals surface area contributed by atoms with Crippen LogP contribution in [0.25, 0.3) is 0 Å². The lowest BCUT2D eigenvalue weighted by Gasteiger charge is -2.26. The van der Waals surface area contributed by atoms with Crippen LogP contribution in [0, 0.1) is 0 Å². The van der Waals surface area contributed by atoms with E-state index < -0.39 is 27.5 Å². The second kappa shape index (κ2) is 4.58. The molecule has 0 spiro atoms. The summed E-state index contributed by atoms with van der Waals surface area (Å²) in [7, 11) is -3.39. The molecule has 0 aliphatic carbocycles. The number of rotatable bonds is 2. The number of ether oxygens (including phenoxy) is 1. The van der Waals surface area contributed by atoms with Gasteiger partial charge in [-0.15, -0.1) is 0 Å². The van der Waals surface area contributed by atoms with E-state index in [-0.39, 0.29) is 13.1 Å². The first kappa shape index (κ1) is 12.3. The quantitative estimate of drug-likeness (QED) is 0.626. The molecule has 2 heterocycles. The molecule has 0 saturated carbocycles. The van der Waals surface area contributed by atoms with Gasteiger partial charge >= 0.3 is 0 Å². The molecule has 2 fully saturated rings. The molecule has 94 valence electrons. The van der Waals surface area contributed by atoms with Crippen LogP contribution in [0.5, 0.6) is 0 Å². The fourth-order valence-electron chi connectivity index (χ4n) is 2.13. The van der Waals surface area contributed by atoms with Crippen LogP contribution in [0.3, 0.4) is 0 Å². The summed E-state index contributed by atoms with van der Waals surface area (Å²) in [4.78, 5) is 0. The minimum absolute atomic E-state index is 0.000850. The summed E-state index contributed by atoms with van der Waals surface area (Å²) in [6.45, 7) is 0.924. The Balaban J connectivity index is 2.07. The zero-order valence-corrected chi connectivity index (χ0v) is 9.77. The van der Waals surface area contributed by atoms with E-state index in [4.69, 9.17) is 4.74 Å². The standard InChI is InChI=1S/C9H17NO5S/c11-8-5-10(6-9(8)12)16(13,14)7-1-3-15-4-2-7/h7-9,11-12H,1-6H2/t8-,9+. The van der Waals surface area contributed by atoms with Gasteiger partial charge in [-0.3, -0.25) is 0 Å². The first-order valence-corrected chi connectivity index (χ1v) is 6.95. The van der Waals surface area contributed by atoms with Gasteiger partial charge in [0.1, 0.15) is 0 Å². The van der Waals surface area contributed by atoms with Crippen LogP contribution in [0.15, 0.2) is 0 Å². The molecule has 6 nitrogen and oxygen atoms in total. The molecule has 0 radical (unpaired) electrons. The third kappa shape index (κ3) is 2.23. The van der Waals surface area contributed by atoms with E-state index in [0.717, 1.165) is 0 Å². The van der Waals surface area contributed by atoms with Crippen molar-refractivity contribution in [1.82, 2.24) is 4.31 Å². The number of nitrogens with zero attached hydrogens (tertiary/aromatic N) is 1. The Bertz CT molecular complexity index is 328. The Morgan fingerprint density at radius 2 is 1.56 bits per heavy atom. The number of aliphatic hydroxyl groups is 2. The maximum absolute atomic E-state index is 12.1. The Labute approximate surface area is 94.9 Å². The van der Waals surface area contributed by atoms with Gasteiger partial charge in [0.25, 0.3) is 0 Å². The van der Waals surface area contributed by atoms with Gasteiger partial charge in [0, 0.05) is 26.3 Å². The third-order valence-electron chi connectivity index (χ3n) is 3.17. The van der Waals surface area contributed by atoms with E-state index in [9.17, 15) is 18.6 Å². The van der Waals surface area contributed by atoms with Gasteiger partial charge in [0.15, 0.2) is 0 Å². The van der Waals surface area contributed by atoms with Crippen LogP contribution in [-0.2, 0) is 14.8 Å². The van der Waals surface area contributed by atoms with Crippen molar-refractivity contribution in [3.63, 3.8) is 0 Å². The number of sulfonamides is 1. The lowest BCUT2D eigenvalue weighted by molar-refractivity contribution is 0.0572. The summed E-state index contributed by atoms with van der Waals surface area (Å²) < 4.78 is 30.6. The Morgan fingerprint density at radius 3 is 2.06 bits per heavy atom. The van der Waals surface area contributed by atoms with Crippen LogP contribution in [0.2, 0.25) is 0 Å². The maximum atomic E-state index is 12.1. The van der Waals surface area contributed by atoms with E-state index in [2.05, 4.69) is 0 Å². The lowest BCUT2D eigenvalue weighted by Crippen LogP contribution is -2.40. The highest BCUT2D eigenvalue weighted by molar-refractivity contribution is 7.89. The molecule has 0 aromatic rings. The summed E-state index contributed by atoms with van der Waals surface area (Å²) in [5.41, 5.74) is 0. The van der Waals surface area contributed by atoms with Crippen molar-refractivity contribution >= 4 is 10.0 Å². The fraction of sp³-hybridized carbons (Fsp3) is 1.00. The van der Waals surface area contributed by atoms with E-state index >= 15 is 0 Å². The van der Waals surface area contributed by atoms with Gasteiger partial charge in [0.05, 0.1) is 17.5 Å². The Hall–Kier alpha value is -0.210. The van der Waals surface area contributed by atoms with Crippen molar-refractivity contribution in [3.8, 4) is 0 Å². The highest BCUT2D eigenvalue weighted by Crippen LogP contribution is 2.23. The molecule has 2 N–H and O–H groups in total. The molecule has 2 rings (SSSR count). The van der Waals surface area contributed by atoms with E-state index in [1.165, 1.54) is 4.31 Å². The topological polar surface area (TPSA) is 87.1 Å². The monoisotopic (exact) mass is 251 g/mol. The van der Waals surface area contributed by atoms with Gasteiger partial charge in [-0.25, -0.2) is 8.42 Å². The van der Waals surface area contributed by atoms with Crippen molar-refractivity contribution in [2.24, 2.45) is 0 Å². The maximum Gasteiger partial charge on any atom is 0.217 e. The molecule has 0 aromatic carbocycles. The molecule has 2 aliphatic rings. The van der Waals surface area contributed by atoms with Gasteiger partial charge in [-0.05, 0) is 12.8 Å². The minimum Gasteiger partial charge on any atom is -0.389 e. The minimum atomic E-state index is -3.39. The zero-order chi connectivity index (χ0) is 11.8. The zero-order valence-electron chi connectivity index (χ0n) is 8.95. The third-order valence-corrected chi connectivity index (χ3v) is 5.51. The molecule has 0 bridgehead atoms. The second-order valence-electron chi connectivity index (χ2n) is 4.31. The van der Waals surface area contributed by atoms with E-state index in [1.54, 1.807) is 0 Å². The first-order chi connectivity index (χ1) is 7.51. The fourth-order valence-corrected chi connectivity index (χ4v) is 4.06. The largest absolute Gasteiger partial charge is 0.389 e. The smallest absolute Gasteiger partial charge is 0.217 e. The first-order valence-electron chi connectivity index (χ1n) is 5.44. The molecule has 16 heavy (non-hydrogen) atoms. The number of β-amino-alcohol motifs (C(OH)–C–C–N with tert-alkyl or cyclic N) is 2. The average Bonchev–Trinajstić information content (AvgIpc) is 2.61. The van der Waals surface area contributed by atoms with Crippen LogP contribution >= 0.6 is 0 Å². The molecule has 0 aromatic heterocycles. The Kier molecular flexibility index (Phi) is 3.50.